The second-order valence-electron chi connectivity index (χ2n) is 7.95. The fourth-order valence-electron chi connectivity index (χ4n) is 4.42. The molecule has 2 aliphatic carbocycles. The van der Waals surface area contributed by atoms with Gasteiger partial charge in [0.1, 0.15) is 0 Å². The van der Waals surface area contributed by atoms with Crippen LogP contribution in [-0.4, -0.2) is 39.7 Å². The highest BCUT2D eigenvalue weighted by Gasteiger charge is 2.38. The van der Waals surface area contributed by atoms with Gasteiger partial charge in [0.25, 0.3) is 5.91 Å². The van der Waals surface area contributed by atoms with Crippen LogP contribution >= 0.6 is 0 Å². The number of hydrogen-bond donors (Lipinski definition) is 1. The Labute approximate surface area is 144 Å². The predicted molar refractivity (Wildman–Crippen MR) is 91.9 cm³/mol. The second-order valence-corrected chi connectivity index (χ2v) is 7.95. The van der Waals surface area contributed by atoms with Crippen LogP contribution in [0.4, 0.5) is 0 Å². The Morgan fingerprint density at radius 3 is 2.67 bits per heavy atom. The first-order valence-corrected chi connectivity index (χ1v) is 9.67. The van der Waals surface area contributed by atoms with Gasteiger partial charge in [0.15, 0.2) is 5.69 Å². The number of nitrogens with zero attached hydrogens (tertiary/aromatic N) is 2. The van der Waals surface area contributed by atoms with E-state index in [-0.39, 0.29) is 18.1 Å². The highest BCUT2D eigenvalue weighted by atomic mass is 16.5. The minimum Gasteiger partial charge on any atom is -0.369 e. The minimum absolute atomic E-state index is 0.00878. The lowest BCUT2D eigenvalue weighted by Crippen LogP contribution is -2.38. The summed E-state index contributed by atoms with van der Waals surface area (Å²) in [6.45, 7) is 5.02. The van der Waals surface area contributed by atoms with E-state index in [1.807, 2.05) is 6.92 Å². The number of amides is 1. The molecule has 5 nitrogen and oxygen atoms in total. The number of hydrogen-bond acceptors (Lipinski definition) is 3. The summed E-state index contributed by atoms with van der Waals surface area (Å²) in [6.07, 6.45) is 9.77. The van der Waals surface area contributed by atoms with E-state index >= 15 is 0 Å². The molecule has 0 unspecified atom stereocenters. The Kier molecular flexibility index (Phi) is 4.37. The standard InChI is InChI=1S/C19H29N3O2/c1-12-10-16-17(13(2)24-12)20-21-18(16)19(23)22(15-8-9-15)11-14-6-4-3-5-7-14/h12-15H,3-11H2,1-2H3,(H,20,21)/t12-,13+/m1/s1. The van der Waals surface area contributed by atoms with Gasteiger partial charge in [-0.05, 0) is 45.4 Å². The van der Waals surface area contributed by atoms with Crippen molar-refractivity contribution in [3.63, 3.8) is 0 Å². The minimum atomic E-state index is -0.00878. The molecule has 4 rings (SSSR count). The second kappa shape index (κ2) is 6.51. The van der Waals surface area contributed by atoms with Crippen molar-refractivity contribution in [2.45, 2.75) is 83.5 Å². The van der Waals surface area contributed by atoms with Crippen molar-refractivity contribution in [2.24, 2.45) is 5.92 Å². The predicted octanol–water partition coefficient (Wildman–Crippen LogP) is 3.62. The molecule has 3 aliphatic rings. The van der Waals surface area contributed by atoms with Crippen molar-refractivity contribution in [2.75, 3.05) is 6.54 Å². The van der Waals surface area contributed by atoms with Crippen molar-refractivity contribution >= 4 is 5.91 Å². The van der Waals surface area contributed by atoms with E-state index in [1.165, 1.54) is 32.1 Å². The molecule has 2 heterocycles. The van der Waals surface area contributed by atoms with Crippen LogP contribution in [0.3, 0.4) is 0 Å². The summed E-state index contributed by atoms with van der Waals surface area (Å²) in [5.74, 6) is 0.820. The Bertz CT molecular complexity index is 602. The lowest BCUT2D eigenvalue weighted by molar-refractivity contribution is -0.00703. The van der Waals surface area contributed by atoms with E-state index in [4.69, 9.17) is 4.74 Å². The summed E-state index contributed by atoms with van der Waals surface area (Å²) in [5, 5.41) is 7.48. The van der Waals surface area contributed by atoms with Crippen LogP contribution in [0.5, 0.6) is 0 Å². The third-order valence-electron chi connectivity index (χ3n) is 5.86. The van der Waals surface area contributed by atoms with Gasteiger partial charge in [-0.3, -0.25) is 9.89 Å². The molecular formula is C19H29N3O2. The van der Waals surface area contributed by atoms with Crippen LogP contribution in [-0.2, 0) is 11.2 Å². The molecule has 1 amide bonds. The van der Waals surface area contributed by atoms with Crippen LogP contribution in [0.2, 0.25) is 0 Å². The molecule has 1 aromatic rings. The van der Waals surface area contributed by atoms with Gasteiger partial charge in [0.2, 0.25) is 0 Å². The first kappa shape index (κ1) is 16.1. The van der Waals surface area contributed by atoms with E-state index in [1.54, 1.807) is 0 Å². The largest absolute Gasteiger partial charge is 0.369 e. The Hall–Kier alpha value is -1.36. The number of aromatic nitrogens is 2. The van der Waals surface area contributed by atoms with Crippen LogP contribution in [0.15, 0.2) is 0 Å². The third kappa shape index (κ3) is 3.10. The van der Waals surface area contributed by atoms with E-state index in [0.29, 0.717) is 17.7 Å². The molecule has 2 fully saturated rings. The molecule has 2 saturated carbocycles. The molecule has 24 heavy (non-hydrogen) atoms. The molecule has 0 radical (unpaired) electrons. The SMILES string of the molecule is C[C@@H]1Cc2c(C(=O)N(CC3CCCCC3)C3CC3)n[nH]c2[C@H](C)O1. The lowest BCUT2D eigenvalue weighted by Gasteiger charge is -2.30. The van der Waals surface area contributed by atoms with Crippen LogP contribution in [0, 0.1) is 5.92 Å². The number of carbonyl (C=O) groups is 1. The molecule has 2 atom stereocenters. The molecule has 0 bridgehead atoms. The molecule has 1 N–H and O–H groups in total. The van der Waals surface area contributed by atoms with Gasteiger partial charge in [-0.1, -0.05) is 19.3 Å². The number of aromatic amines is 1. The first-order chi connectivity index (χ1) is 11.6. The van der Waals surface area contributed by atoms with Crippen molar-refractivity contribution in [1.29, 1.82) is 0 Å². The number of rotatable bonds is 4. The monoisotopic (exact) mass is 331 g/mol. The highest BCUT2D eigenvalue weighted by molar-refractivity contribution is 5.94. The number of nitrogens with one attached hydrogen (secondary N) is 1. The number of H-pyrrole nitrogens is 1. The molecule has 0 spiro atoms. The van der Waals surface area contributed by atoms with Crippen molar-refractivity contribution in [3.8, 4) is 0 Å². The van der Waals surface area contributed by atoms with Gasteiger partial charge in [-0.2, -0.15) is 5.10 Å². The molecule has 1 aromatic heterocycles. The molecule has 0 aromatic carbocycles. The van der Waals surface area contributed by atoms with Crippen LogP contribution in [0.25, 0.3) is 0 Å². The summed E-state index contributed by atoms with van der Waals surface area (Å²) in [4.78, 5) is 15.4. The highest BCUT2D eigenvalue weighted by Crippen LogP contribution is 2.35. The molecule has 0 saturated heterocycles. The zero-order valence-electron chi connectivity index (χ0n) is 14.9. The Morgan fingerprint density at radius 2 is 1.96 bits per heavy atom. The summed E-state index contributed by atoms with van der Waals surface area (Å²) in [6, 6.07) is 0.446. The molecule has 132 valence electrons. The fourth-order valence-corrected chi connectivity index (χ4v) is 4.42. The zero-order chi connectivity index (χ0) is 16.7. The average Bonchev–Trinajstić information content (AvgIpc) is 3.32. The van der Waals surface area contributed by atoms with Gasteiger partial charge in [0.05, 0.1) is 17.9 Å². The summed E-state index contributed by atoms with van der Waals surface area (Å²) in [5.41, 5.74) is 2.72. The smallest absolute Gasteiger partial charge is 0.274 e. The topological polar surface area (TPSA) is 58.2 Å². The van der Waals surface area contributed by atoms with Crippen LogP contribution < -0.4 is 0 Å². The summed E-state index contributed by atoms with van der Waals surface area (Å²) < 4.78 is 5.85. The molecular weight excluding hydrogens is 302 g/mol. The van der Waals surface area contributed by atoms with Crippen LogP contribution in [0.1, 0.15) is 86.6 Å². The number of ether oxygens (including phenoxy) is 1. The lowest BCUT2D eigenvalue weighted by atomic mass is 9.88. The van der Waals surface area contributed by atoms with E-state index in [9.17, 15) is 4.79 Å². The quantitative estimate of drug-likeness (QED) is 0.917. The van der Waals surface area contributed by atoms with Gasteiger partial charge >= 0.3 is 0 Å². The maximum atomic E-state index is 13.2. The maximum absolute atomic E-state index is 13.2. The molecule has 5 heteroatoms. The first-order valence-electron chi connectivity index (χ1n) is 9.67. The average molecular weight is 331 g/mol. The van der Waals surface area contributed by atoms with Gasteiger partial charge in [-0.25, -0.2) is 0 Å². The fraction of sp³-hybridized carbons (Fsp3) is 0.789. The summed E-state index contributed by atoms with van der Waals surface area (Å²) >= 11 is 0. The third-order valence-corrected chi connectivity index (χ3v) is 5.86. The summed E-state index contributed by atoms with van der Waals surface area (Å²) in [7, 11) is 0. The van der Waals surface area contributed by atoms with Crippen molar-refractivity contribution < 1.29 is 9.53 Å². The maximum Gasteiger partial charge on any atom is 0.274 e. The van der Waals surface area contributed by atoms with E-state index in [2.05, 4.69) is 22.0 Å². The number of fused-ring (bicyclic) bond motifs is 1. The molecule has 1 aliphatic heterocycles. The van der Waals surface area contributed by atoms with E-state index < -0.39 is 0 Å². The van der Waals surface area contributed by atoms with Crippen molar-refractivity contribution in [1.82, 2.24) is 15.1 Å². The Morgan fingerprint density at radius 1 is 1.21 bits per heavy atom. The van der Waals surface area contributed by atoms with E-state index in [0.717, 1.165) is 37.1 Å². The van der Waals surface area contributed by atoms with Gasteiger partial charge in [0, 0.05) is 24.6 Å². The van der Waals surface area contributed by atoms with Gasteiger partial charge in [-0.15, -0.1) is 0 Å². The van der Waals surface area contributed by atoms with Crippen molar-refractivity contribution in [3.05, 3.63) is 17.0 Å². The normalized spacial score (nSPS) is 27.8. The number of carbonyl (C=O) groups excluding carboxylic acids is 1. The zero-order valence-corrected chi connectivity index (χ0v) is 14.9. The van der Waals surface area contributed by atoms with Gasteiger partial charge < -0.3 is 9.64 Å². The Balaban J connectivity index is 1.55.